The number of halogens is 1. The van der Waals surface area contributed by atoms with Crippen molar-refractivity contribution in [2.45, 2.75) is 26.3 Å². The van der Waals surface area contributed by atoms with Crippen LogP contribution in [0.1, 0.15) is 35.7 Å². The zero-order chi connectivity index (χ0) is 23.3. The molecule has 1 N–H and O–H groups in total. The van der Waals surface area contributed by atoms with Gasteiger partial charge in [-0.1, -0.05) is 0 Å². The van der Waals surface area contributed by atoms with Gasteiger partial charge in [0.05, 0.1) is 17.0 Å². The summed E-state index contributed by atoms with van der Waals surface area (Å²) >= 11 is 5.95. The minimum absolute atomic E-state index is 0.0598. The molecule has 0 saturated carbocycles. The molecule has 5 rings (SSSR count). The van der Waals surface area contributed by atoms with Gasteiger partial charge < -0.3 is 19.4 Å². The van der Waals surface area contributed by atoms with Gasteiger partial charge in [0.15, 0.2) is 23.2 Å². The van der Waals surface area contributed by atoms with Crippen LogP contribution in [0.3, 0.4) is 0 Å². The lowest BCUT2D eigenvalue weighted by Gasteiger charge is -2.19. The van der Waals surface area contributed by atoms with E-state index in [1.54, 1.807) is 22.8 Å². The van der Waals surface area contributed by atoms with E-state index in [4.69, 9.17) is 21.1 Å². The van der Waals surface area contributed by atoms with E-state index in [2.05, 4.69) is 5.32 Å². The number of fused-ring (bicyclic) bond motifs is 5. The van der Waals surface area contributed by atoms with E-state index in [0.29, 0.717) is 62.9 Å². The molecular formula is C24H17ClN2O6. The topological polar surface area (TPSA) is 104 Å². The highest BCUT2D eigenvalue weighted by Crippen LogP contribution is 2.36. The summed E-state index contributed by atoms with van der Waals surface area (Å²) in [5.74, 6) is 4.63. The average Bonchev–Trinajstić information content (AvgIpc) is 3.36. The first-order valence-corrected chi connectivity index (χ1v) is 10.8. The Morgan fingerprint density at radius 3 is 2.55 bits per heavy atom. The number of allylic oxidation sites excluding steroid dienone is 1. The fraction of sp³-hybridized carbons (Fsp3) is 0.250. The van der Waals surface area contributed by atoms with Gasteiger partial charge >= 0.3 is 0 Å². The Hall–Kier alpha value is -3.83. The number of carbonyl (C=O) groups is 2. The number of nitrogens with zero attached hydrogens (tertiary/aromatic N) is 1. The van der Waals surface area contributed by atoms with Crippen LogP contribution in [-0.4, -0.2) is 40.8 Å². The van der Waals surface area contributed by atoms with Gasteiger partial charge in [0.1, 0.15) is 11.3 Å². The lowest BCUT2D eigenvalue weighted by molar-refractivity contribution is -0.118. The molecule has 0 fully saturated rings. The number of ether oxygens (including phenoxy) is 2. The van der Waals surface area contributed by atoms with E-state index in [9.17, 15) is 19.2 Å². The number of carbonyl (C=O) groups excluding carboxylic acids is 4. The minimum atomic E-state index is -0.333. The summed E-state index contributed by atoms with van der Waals surface area (Å²) in [7, 11) is 0. The molecule has 0 bridgehead atoms. The van der Waals surface area contributed by atoms with Crippen LogP contribution in [0.15, 0.2) is 17.8 Å². The SMILES string of the molecule is CC(=O)NC1=Cc2c(c3c(=C=O)c4cc5c(cc4c=3n(CCCCl)c2=C=O)OCO5)C(=O)C1. The fourth-order valence-electron chi connectivity index (χ4n) is 4.65. The number of rotatable bonds is 4. The summed E-state index contributed by atoms with van der Waals surface area (Å²) in [5.41, 5.74) is 0.906. The number of benzene rings is 1. The van der Waals surface area contributed by atoms with Crippen LogP contribution in [0.4, 0.5) is 0 Å². The van der Waals surface area contributed by atoms with Gasteiger partial charge in [-0.2, -0.15) is 0 Å². The van der Waals surface area contributed by atoms with Gasteiger partial charge in [-0.25, -0.2) is 9.59 Å². The molecule has 0 radical (unpaired) electrons. The summed E-state index contributed by atoms with van der Waals surface area (Å²) in [6.45, 7) is 1.75. The van der Waals surface area contributed by atoms with E-state index in [0.717, 1.165) is 0 Å². The zero-order valence-corrected chi connectivity index (χ0v) is 18.3. The second-order valence-electron chi connectivity index (χ2n) is 7.84. The predicted octanol–water partition coefficient (Wildman–Crippen LogP) is 0.793. The van der Waals surface area contributed by atoms with Crippen molar-refractivity contribution in [2.24, 2.45) is 0 Å². The van der Waals surface area contributed by atoms with Crippen molar-refractivity contribution in [1.29, 1.82) is 0 Å². The van der Waals surface area contributed by atoms with Crippen LogP contribution >= 0.6 is 11.6 Å². The molecule has 4 aliphatic rings. The summed E-state index contributed by atoms with van der Waals surface area (Å²) in [6.07, 6.45) is 2.05. The van der Waals surface area contributed by atoms with Crippen molar-refractivity contribution >= 4 is 52.0 Å². The van der Waals surface area contributed by atoms with Gasteiger partial charge in [-0.3, -0.25) is 9.59 Å². The molecule has 2 heterocycles. The number of amides is 1. The van der Waals surface area contributed by atoms with Gasteiger partial charge in [0.25, 0.3) is 0 Å². The normalized spacial score (nSPS) is 14.1. The molecule has 1 aromatic rings. The van der Waals surface area contributed by atoms with E-state index in [-0.39, 0.29) is 41.0 Å². The first-order chi connectivity index (χ1) is 16.0. The van der Waals surface area contributed by atoms with Crippen molar-refractivity contribution in [3.63, 3.8) is 0 Å². The molecule has 1 aromatic carbocycles. The molecule has 0 unspecified atom stereocenters. The third kappa shape index (κ3) is 3.16. The molecule has 2 aliphatic carbocycles. The van der Waals surface area contributed by atoms with E-state index >= 15 is 0 Å². The van der Waals surface area contributed by atoms with Crippen LogP contribution in [0, 0.1) is 10.6 Å². The number of aromatic nitrogens is 1. The quantitative estimate of drug-likeness (QED) is 0.573. The van der Waals surface area contributed by atoms with Crippen molar-refractivity contribution < 1.29 is 28.7 Å². The van der Waals surface area contributed by atoms with E-state index < -0.39 is 0 Å². The van der Waals surface area contributed by atoms with Crippen LogP contribution in [-0.2, 0) is 20.9 Å². The van der Waals surface area contributed by atoms with Gasteiger partial charge in [-0.15, -0.1) is 11.6 Å². The Morgan fingerprint density at radius 1 is 1.18 bits per heavy atom. The van der Waals surface area contributed by atoms with Crippen molar-refractivity contribution in [3.05, 3.63) is 50.1 Å². The maximum Gasteiger partial charge on any atom is 0.231 e. The molecule has 8 nitrogen and oxygen atoms in total. The van der Waals surface area contributed by atoms with Crippen LogP contribution in [0.25, 0.3) is 16.8 Å². The zero-order valence-electron chi connectivity index (χ0n) is 17.5. The summed E-state index contributed by atoms with van der Waals surface area (Å²) in [4.78, 5) is 49.3. The first kappa shape index (κ1) is 21.0. The van der Waals surface area contributed by atoms with Crippen molar-refractivity contribution in [1.82, 2.24) is 9.88 Å². The fourth-order valence-corrected chi connectivity index (χ4v) is 4.77. The highest BCUT2D eigenvalue weighted by molar-refractivity contribution is 6.17. The van der Waals surface area contributed by atoms with Gasteiger partial charge in [-0.05, 0) is 24.6 Å². The number of alkyl halides is 1. The molecule has 2 aliphatic heterocycles. The Kier molecular flexibility index (Phi) is 5.06. The predicted molar refractivity (Wildman–Crippen MR) is 118 cm³/mol. The molecular weight excluding hydrogens is 448 g/mol. The average molecular weight is 465 g/mol. The lowest BCUT2D eigenvalue weighted by Crippen LogP contribution is -2.33. The number of nitrogens with one attached hydrogen (secondary N) is 1. The third-order valence-electron chi connectivity index (χ3n) is 5.84. The Bertz CT molecular complexity index is 1640. The molecule has 33 heavy (non-hydrogen) atoms. The second kappa shape index (κ2) is 7.94. The number of hydrogen-bond donors (Lipinski definition) is 1. The minimum Gasteiger partial charge on any atom is -0.454 e. The molecule has 9 heteroatoms. The Morgan fingerprint density at radius 2 is 1.91 bits per heavy atom. The summed E-state index contributed by atoms with van der Waals surface area (Å²) < 4.78 is 12.7. The lowest BCUT2D eigenvalue weighted by atomic mass is 9.92. The van der Waals surface area contributed by atoms with E-state index in [1.807, 2.05) is 11.9 Å². The van der Waals surface area contributed by atoms with E-state index in [1.165, 1.54) is 6.92 Å². The molecule has 0 atom stereocenters. The standard InChI is InChI=1S/C24H17ClN2O6/c1-12(30)26-13-5-16-18(10-29)27(4-2-3-25)24-15-8-21-20(32-11-33-21)7-14(15)17(9-28)23(24)22(16)19(31)6-13/h5,7-8H,2-4,6,11H2,1H3,(H,26,30). The van der Waals surface area contributed by atoms with Crippen molar-refractivity contribution in [2.75, 3.05) is 12.7 Å². The van der Waals surface area contributed by atoms with Crippen LogP contribution in [0.5, 0.6) is 11.5 Å². The first-order valence-electron chi connectivity index (χ1n) is 10.3. The Balaban J connectivity index is 2.05. The van der Waals surface area contributed by atoms with Crippen LogP contribution < -0.4 is 25.4 Å². The highest BCUT2D eigenvalue weighted by Gasteiger charge is 2.28. The van der Waals surface area contributed by atoms with Gasteiger partial charge in [0, 0.05) is 52.2 Å². The largest absolute Gasteiger partial charge is 0.454 e. The number of ketones is 1. The van der Waals surface area contributed by atoms with Crippen molar-refractivity contribution in [3.8, 4) is 11.5 Å². The molecule has 0 spiro atoms. The Labute approximate surface area is 191 Å². The van der Waals surface area contributed by atoms with Crippen LogP contribution in [0.2, 0.25) is 0 Å². The third-order valence-corrected chi connectivity index (χ3v) is 6.10. The maximum atomic E-state index is 13.3. The second-order valence-corrected chi connectivity index (χ2v) is 8.21. The molecule has 1 amide bonds. The highest BCUT2D eigenvalue weighted by atomic mass is 35.5. The molecule has 166 valence electrons. The number of Topliss-reactive ketones (excluding diaryl/α,β-unsaturated/α-hetero) is 1. The summed E-state index contributed by atoms with van der Waals surface area (Å²) in [5, 5.41) is 5.08. The molecule has 0 saturated heterocycles. The van der Waals surface area contributed by atoms with Gasteiger partial charge in [0.2, 0.25) is 12.7 Å². The smallest absolute Gasteiger partial charge is 0.231 e. The monoisotopic (exact) mass is 464 g/mol. The summed E-state index contributed by atoms with van der Waals surface area (Å²) in [6, 6.07) is 3.43. The maximum absolute atomic E-state index is 13.3. The molecule has 0 aromatic heterocycles. The number of hydrogen-bond acceptors (Lipinski definition) is 6.